The first-order chi connectivity index (χ1) is 9.61. The summed E-state index contributed by atoms with van der Waals surface area (Å²) in [4.78, 5) is 16.3. The number of anilines is 2. The highest BCUT2D eigenvalue weighted by Gasteiger charge is 2.21. The molecule has 1 amide bonds. The first kappa shape index (κ1) is 14.5. The summed E-state index contributed by atoms with van der Waals surface area (Å²) in [6.07, 6.45) is 0.785. The van der Waals surface area contributed by atoms with E-state index in [4.69, 9.17) is 10.5 Å². The van der Waals surface area contributed by atoms with Crippen LogP contribution in [0.2, 0.25) is 0 Å². The molecule has 1 heterocycles. The molecule has 1 aromatic heterocycles. The van der Waals surface area contributed by atoms with Gasteiger partial charge in [-0.1, -0.05) is 30.3 Å². The Kier molecular flexibility index (Phi) is 4.70. The maximum atomic E-state index is 12.3. The van der Waals surface area contributed by atoms with Crippen LogP contribution in [0.4, 0.5) is 11.5 Å². The van der Waals surface area contributed by atoms with Crippen LogP contribution in [0.25, 0.3) is 0 Å². The van der Waals surface area contributed by atoms with E-state index < -0.39 is 6.10 Å². The van der Waals surface area contributed by atoms with Crippen LogP contribution in [-0.2, 0) is 9.53 Å². The number of ether oxygens (including phenoxy) is 1. The molecule has 2 aromatic rings. The van der Waals surface area contributed by atoms with Gasteiger partial charge in [0, 0.05) is 7.11 Å². The molecular formula is C14H14BrN3O2. The molecule has 0 aliphatic rings. The van der Waals surface area contributed by atoms with Crippen molar-refractivity contribution in [2.75, 3.05) is 18.2 Å². The van der Waals surface area contributed by atoms with Crippen molar-refractivity contribution in [3.63, 3.8) is 0 Å². The molecule has 0 fully saturated rings. The van der Waals surface area contributed by atoms with E-state index in [0.29, 0.717) is 16.0 Å². The maximum Gasteiger partial charge on any atom is 0.259 e. The Hall–Kier alpha value is -1.92. The molecule has 0 saturated heterocycles. The number of halogens is 1. The third kappa shape index (κ3) is 3.34. The number of nitrogens with zero attached hydrogens (tertiary/aromatic N) is 1. The number of amides is 1. The second-order valence-electron chi connectivity index (χ2n) is 4.11. The predicted molar refractivity (Wildman–Crippen MR) is 81.2 cm³/mol. The van der Waals surface area contributed by atoms with E-state index in [-0.39, 0.29) is 5.91 Å². The molecule has 2 rings (SSSR count). The lowest BCUT2D eigenvalue weighted by Gasteiger charge is -2.15. The van der Waals surface area contributed by atoms with E-state index in [0.717, 1.165) is 5.56 Å². The van der Waals surface area contributed by atoms with E-state index >= 15 is 0 Å². The molecule has 5 nitrogen and oxygen atoms in total. The van der Waals surface area contributed by atoms with Crippen molar-refractivity contribution in [3.8, 4) is 0 Å². The second-order valence-corrected chi connectivity index (χ2v) is 4.97. The Bertz CT molecular complexity index is 605. The summed E-state index contributed by atoms with van der Waals surface area (Å²) in [6, 6.07) is 10.9. The molecule has 1 atom stereocenters. The lowest BCUT2D eigenvalue weighted by Crippen LogP contribution is -2.23. The number of hydrogen-bond donors (Lipinski definition) is 2. The normalized spacial score (nSPS) is 11.9. The first-order valence-electron chi connectivity index (χ1n) is 5.91. The highest BCUT2D eigenvalue weighted by atomic mass is 79.9. The van der Waals surface area contributed by atoms with Gasteiger partial charge < -0.3 is 15.8 Å². The Balaban J connectivity index is 2.18. The van der Waals surface area contributed by atoms with Gasteiger partial charge in [0.25, 0.3) is 5.91 Å². The molecular weight excluding hydrogens is 322 g/mol. The molecule has 0 bridgehead atoms. The van der Waals surface area contributed by atoms with Gasteiger partial charge in [-0.3, -0.25) is 4.79 Å². The highest BCUT2D eigenvalue weighted by molar-refractivity contribution is 9.10. The molecule has 6 heteroatoms. The lowest BCUT2D eigenvalue weighted by molar-refractivity contribution is -0.126. The van der Waals surface area contributed by atoms with E-state index in [2.05, 4.69) is 26.2 Å². The maximum absolute atomic E-state index is 12.3. The van der Waals surface area contributed by atoms with Crippen LogP contribution in [0.5, 0.6) is 0 Å². The minimum atomic E-state index is -0.692. The van der Waals surface area contributed by atoms with Crippen LogP contribution < -0.4 is 11.1 Å². The van der Waals surface area contributed by atoms with Crippen molar-refractivity contribution in [1.82, 2.24) is 4.98 Å². The fraction of sp³-hybridized carbons (Fsp3) is 0.143. The van der Waals surface area contributed by atoms with Gasteiger partial charge in [0.05, 0.1) is 16.4 Å². The number of pyridine rings is 1. The average molecular weight is 336 g/mol. The summed E-state index contributed by atoms with van der Waals surface area (Å²) in [5, 5.41) is 2.71. The summed E-state index contributed by atoms with van der Waals surface area (Å²) in [7, 11) is 1.49. The number of hydrogen-bond acceptors (Lipinski definition) is 4. The molecule has 0 spiro atoms. The van der Waals surface area contributed by atoms with Crippen LogP contribution in [0.3, 0.4) is 0 Å². The predicted octanol–water partition coefficient (Wildman–Crippen LogP) is 2.75. The minimum Gasteiger partial charge on any atom is -0.397 e. The van der Waals surface area contributed by atoms with Crippen molar-refractivity contribution >= 4 is 33.3 Å². The number of carbonyl (C=O) groups is 1. The van der Waals surface area contributed by atoms with Crippen LogP contribution in [0.15, 0.2) is 47.1 Å². The zero-order valence-electron chi connectivity index (χ0n) is 10.8. The zero-order valence-corrected chi connectivity index (χ0v) is 12.4. The first-order valence-corrected chi connectivity index (χ1v) is 6.70. The van der Waals surface area contributed by atoms with E-state index in [9.17, 15) is 4.79 Å². The van der Waals surface area contributed by atoms with Gasteiger partial charge in [0.2, 0.25) is 0 Å². The largest absolute Gasteiger partial charge is 0.397 e. The van der Waals surface area contributed by atoms with E-state index in [1.165, 1.54) is 13.3 Å². The summed E-state index contributed by atoms with van der Waals surface area (Å²) in [6.45, 7) is 0. The topological polar surface area (TPSA) is 77.2 Å². The van der Waals surface area contributed by atoms with Gasteiger partial charge >= 0.3 is 0 Å². The van der Waals surface area contributed by atoms with Gasteiger partial charge in [-0.05, 0) is 27.6 Å². The molecule has 0 saturated carbocycles. The Labute approximate surface area is 125 Å². The molecule has 3 N–H and O–H groups in total. The number of rotatable bonds is 4. The number of carbonyl (C=O) groups excluding carboxylic acids is 1. The number of nitrogens with two attached hydrogens (primary N) is 1. The van der Waals surface area contributed by atoms with Gasteiger partial charge in [-0.2, -0.15) is 0 Å². The van der Waals surface area contributed by atoms with Crippen molar-refractivity contribution in [3.05, 3.63) is 52.6 Å². The molecule has 104 valence electrons. The molecule has 0 aliphatic heterocycles. The van der Waals surface area contributed by atoms with Crippen LogP contribution in [-0.4, -0.2) is 18.0 Å². The number of aromatic nitrogens is 1. The molecule has 20 heavy (non-hydrogen) atoms. The average Bonchev–Trinajstić information content (AvgIpc) is 2.44. The number of nitrogen functional groups attached to an aromatic ring is 1. The summed E-state index contributed by atoms with van der Waals surface area (Å²) in [5.41, 5.74) is 6.90. The van der Waals surface area contributed by atoms with Gasteiger partial charge in [0.15, 0.2) is 6.10 Å². The van der Waals surface area contributed by atoms with Crippen LogP contribution in [0.1, 0.15) is 11.7 Å². The second kappa shape index (κ2) is 6.49. The Morgan fingerprint density at radius 2 is 2.10 bits per heavy atom. The fourth-order valence-electron chi connectivity index (χ4n) is 1.75. The quantitative estimate of drug-likeness (QED) is 0.900. The summed E-state index contributed by atoms with van der Waals surface area (Å²) >= 11 is 3.30. The van der Waals surface area contributed by atoms with E-state index in [1.807, 2.05) is 30.3 Å². The molecule has 0 aliphatic carbocycles. The smallest absolute Gasteiger partial charge is 0.259 e. The zero-order chi connectivity index (χ0) is 14.5. The minimum absolute atomic E-state index is 0.295. The van der Waals surface area contributed by atoms with Crippen molar-refractivity contribution in [2.45, 2.75) is 6.10 Å². The van der Waals surface area contributed by atoms with Gasteiger partial charge in [0.1, 0.15) is 5.82 Å². The van der Waals surface area contributed by atoms with Gasteiger partial charge in [-0.15, -0.1) is 0 Å². The van der Waals surface area contributed by atoms with Crippen molar-refractivity contribution in [2.24, 2.45) is 0 Å². The van der Waals surface area contributed by atoms with Gasteiger partial charge in [-0.25, -0.2) is 4.98 Å². The Morgan fingerprint density at radius 1 is 1.40 bits per heavy atom. The number of benzene rings is 1. The molecule has 0 radical (unpaired) electrons. The number of methoxy groups -OCH3 is 1. The SMILES string of the molecule is COC(C(=O)Nc1ncc(N)cc1Br)c1ccccc1. The van der Waals surface area contributed by atoms with Crippen LogP contribution in [0, 0.1) is 0 Å². The summed E-state index contributed by atoms with van der Waals surface area (Å²) in [5.74, 6) is 0.110. The third-order valence-electron chi connectivity index (χ3n) is 2.68. The fourth-order valence-corrected chi connectivity index (χ4v) is 2.22. The van der Waals surface area contributed by atoms with E-state index in [1.54, 1.807) is 6.07 Å². The van der Waals surface area contributed by atoms with Crippen molar-refractivity contribution < 1.29 is 9.53 Å². The van der Waals surface area contributed by atoms with Crippen molar-refractivity contribution in [1.29, 1.82) is 0 Å². The number of nitrogens with one attached hydrogen (secondary N) is 1. The standard InChI is InChI=1S/C14H14BrN3O2/c1-20-12(9-5-3-2-4-6-9)14(19)18-13-11(15)7-10(16)8-17-13/h2-8,12H,16H2,1H3,(H,17,18,19). The molecule has 1 aromatic carbocycles. The molecule has 1 unspecified atom stereocenters. The van der Waals surface area contributed by atoms with Crippen LogP contribution >= 0.6 is 15.9 Å². The third-order valence-corrected chi connectivity index (χ3v) is 3.28. The summed E-state index contributed by atoms with van der Waals surface area (Å²) < 4.78 is 5.87. The highest BCUT2D eigenvalue weighted by Crippen LogP contribution is 2.24. The Morgan fingerprint density at radius 3 is 2.70 bits per heavy atom. The monoisotopic (exact) mass is 335 g/mol. The lowest BCUT2D eigenvalue weighted by atomic mass is 10.1.